The largest absolute Gasteiger partial charge is 0.495 e. The van der Waals surface area contributed by atoms with Crippen LogP contribution in [0.25, 0.3) is 0 Å². The van der Waals surface area contributed by atoms with Crippen molar-refractivity contribution in [3.8, 4) is 5.75 Å². The Morgan fingerprint density at radius 1 is 1.53 bits per heavy atom. The Balaban J connectivity index is 2.38. The number of carbonyl (C=O) groups is 1. The Kier molecular flexibility index (Phi) is 4.08. The Bertz CT molecular complexity index is 611. The summed E-state index contributed by atoms with van der Waals surface area (Å²) in [6.07, 6.45) is 1.50. The molecule has 19 heavy (non-hydrogen) atoms. The van der Waals surface area contributed by atoms with Crippen molar-refractivity contribution in [2.75, 3.05) is 12.4 Å². The molecule has 2 aromatic rings. The van der Waals surface area contributed by atoms with Crippen molar-refractivity contribution >= 4 is 40.1 Å². The molecule has 0 atom stereocenters. The zero-order valence-electron chi connectivity index (χ0n) is 10.0. The summed E-state index contributed by atoms with van der Waals surface area (Å²) in [7, 11) is 1.51. The van der Waals surface area contributed by atoms with E-state index in [2.05, 4.69) is 10.3 Å². The minimum Gasteiger partial charge on any atom is -0.495 e. The lowest BCUT2D eigenvalue weighted by Gasteiger charge is -2.13. The van der Waals surface area contributed by atoms with Crippen LogP contribution in [-0.2, 0) is 0 Å². The van der Waals surface area contributed by atoms with Crippen molar-refractivity contribution in [3.05, 3.63) is 40.3 Å². The Morgan fingerprint density at radius 3 is 2.89 bits per heavy atom. The number of nitrogens with two attached hydrogens (primary N) is 1. The average molecular weight is 293 g/mol. The summed E-state index contributed by atoms with van der Waals surface area (Å²) in [5.41, 5.74) is 8.27. The van der Waals surface area contributed by atoms with Crippen LogP contribution in [0.1, 0.15) is 15.2 Å². The van der Waals surface area contributed by atoms with Crippen LogP contribution in [0.3, 0.4) is 0 Å². The van der Waals surface area contributed by atoms with Crippen LogP contribution in [0.15, 0.2) is 29.9 Å². The molecule has 0 fully saturated rings. The number of methoxy groups -OCH3 is 1. The SMILES string of the molecule is COc1cccc(C(N)=S)c1NC(=O)c1cncs1. The molecule has 7 heteroatoms. The van der Waals surface area contributed by atoms with Crippen molar-refractivity contribution in [1.29, 1.82) is 0 Å². The predicted molar refractivity (Wildman–Crippen MR) is 78.9 cm³/mol. The third-order valence-electron chi connectivity index (χ3n) is 2.41. The second-order valence-corrected chi connectivity index (χ2v) is 4.89. The van der Waals surface area contributed by atoms with E-state index in [9.17, 15) is 4.79 Å². The minimum absolute atomic E-state index is 0.193. The molecule has 0 aliphatic carbocycles. The molecular weight excluding hydrogens is 282 g/mol. The van der Waals surface area contributed by atoms with E-state index >= 15 is 0 Å². The zero-order valence-corrected chi connectivity index (χ0v) is 11.7. The monoisotopic (exact) mass is 293 g/mol. The van der Waals surface area contributed by atoms with Gasteiger partial charge in [0.1, 0.15) is 15.6 Å². The molecule has 0 aliphatic heterocycles. The first kappa shape index (κ1) is 13.4. The average Bonchev–Trinajstić information content (AvgIpc) is 2.92. The second-order valence-electron chi connectivity index (χ2n) is 3.57. The molecule has 0 saturated carbocycles. The van der Waals surface area contributed by atoms with Crippen molar-refractivity contribution in [2.45, 2.75) is 0 Å². The van der Waals surface area contributed by atoms with Gasteiger partial charge < -0.3 is 15.8 Å². The van der Waals surface area contributed by atoms with Crippen LogP contribution in [0.2, 0.25) is 0 Å². The molecule has 1 amide bonds. The molecule has 0 spiro atoms. The van der Waals surface area contributed by atoms with E-state index in [4.69, 9.17) is 22.7 Å². The first-order chi connectivity index (χ1) is 9.13. The summed E-state index contributed by atoms with van der Waals surface area (Å²) in [6, 6.07) is 5.22. The fourth-order valence-electron chi connectivity index (χ4n) is 1.54. The number of ether oxygens (including phenoxy) is 1. The van der Waals surface area contributed by atoms with Crippen LogP contribution in [0.4, 0.5) is 5.69 Å². The van der Waals surface area contributed by atoms with Gasteiger partial charge in [0.25, 0.3) is 5.91 Å². The maximum atomic E-state index is 12.0. The van der Waals surface area contributed by atoms with Crippen LogP contribution < -0.4 is 15.8 Å². The van der Waals surface area contributed by atoms with Crippen molar-refractivity contribution < 1.29 is 9.53 Å². The summed E-state index contributed by atoms with van der Waals surface area (Å²) in [6.45, 7) is 0. The highest BCUT2D eigenvalue weighted by atomic mass is 32.1. The molecule has 98 valence electrons. The van der Waals surface area contributed by atoms with Gasteiger partial charge in [0.15, 0.2) is 0 Å². The molecule has 0 saturated heterocycles. The van der Waals surface area contributed by atoms with Gasteiger partial charge in [0.05, 0.1) is 24.5 Å². The number of para-hydroxylation sites is 1. The van der Waals surface area contributed by atoms with E-state index < -0.39 is 0 Å². The smallest absolute Gasteiger partial charge is 0.267 e. The van der Waals surface area contributed by atoms with Gasteiger partial charge in [-0.25, -0.2) is 0 Å². The number of thiocarbonyl (C=S) groups is 1. The Labute approximate surface area is 119 Å². The van der Waals surface area contributed by atoms with E-state index in [1.165, 1.54) is 24.6 Å². The number of carbonyl (C=O) groups excluding carboxylic acids is 1. The van der Waals surface area contributed by atoms with E-state index in [0.717, 1.165) is 0 Å². The molecule has 0 aliphatic rings. The second kappa shape index (κ2) is 5.77. The fraction of sp³-hybridized carbons (Fsp3) is 0.0833. The number of hydrogen-bond acceptors (Lipinski definition) is 5. The Hall–Kier alpha value is -1.99. The highest BCUT2D eigenvalue weighted by Gasteiger charge is 2.15. The lowest BCUT2D eigenvalue weighted by molar-refractivity contribution is 0.103. The number of anilines is 1. The minimum atomic E-state index is -0.274. The third kappa shape index (κ3) is 2.88. The van der Waals surface area contributed by atoms with Gasteiger partial charge in [-0.2, -0.15) is 0 Å². The van der Waals surface area contributed by atoms with Gasteiger partial charge in [0, 0.05) is 5.56 Å². The Morgan fingerprint density at radius 2 is 2.32 bits per heavy atom. The summed E-state index contributed by atoms with van der Waals surface area (Å²) >= 11 is 6.22. The normalized spacial score (nSPS) is 9.95. The summed E-state index contributed by atoms with van der Waals surface area (Å²) in [4.78, 5) is 16.6. The molecule has 3 N–H and O–H groups in total. The molecule has 1 aromatic heterocycles. The summed E-state index contributed by atoms with van der Waals surface area (Å²) < 4.78 is 5.21. The summed E-state index contributed by atoms with van der Waals surface area (Å²) in [5, 5.41) is 2.75. The molecule has 1 heterocycles. The first-order valence-corrected chi connectivity index (χ1v) is 6.59. The van der Waals surface area contributed by atoms with Crippen LogP contribution in [0, 0.1) is 0 Å². The highest BCUT2D eigenvalue weighted by molar-refractivity contribution is 7.80. The van der Waals surface area contributed by atoms with Crippen LogP contribution >= 0.6 is 23.6 Å². The van der Waals surface area contributed by atoms with Gasteiger partial charge in [-0.15, -0.1) is 11.3 Å². The topological polar surface area (TPSA) is 77.2 Å². The number of amides is 1. The van der Waals surface area contributed by atoms with Crippen molar-refractivity contribution in [3.63, 3.8) is 0 Å². The lowest BCUT2D eigenvalue weighted by atomic mass is 10.1. The first-order valence-electron chi connectivity index (χ1n) is 5.30. The van der Waals surface area contributed by atoms with E-state index in [0.29, 0.717) is 21.9 Å². The maximum absolute atomic E-state index is 12.0. The summed E-state index contributed by atoms with van der Waals surface area (Å²) in [5.74, 6) is 0.229. The van der Waals surface area contributed by atoms with Gasteiger partial charge in [0.2, 0.25) is 0 Å². The van der Waals surface area contributed by atoms with Crippen LogP contribution in [0.5, 0.6) is 5.75 Å². The standard InChI is InChI=1S/C12H11N3O2S2/c1-17-8-4-2-3-7(11(13)18)10(8)15-12(16)9-5-14-6-19-9/h2-6H,1H3,(H2,13,18)(H,15,16). The highest BCUT2D eigenvalue weighted by Crippen LogP contribution is 2.29. The quantitative estimate of drug-likeness (QED) is 0.844. The van der Waals surface area contributed by atoms with Crippen molar-refractivity contribution in [2.24, 2.45) is 5.73 Å². The number of thiazole rings is 1. The van der Waals surface area contributed by atoms with Gasteiger partial charge >= 0.3 is 0 Å². The molecule has 0 bridgehead atoms. The number of hydrogen-bond donors (Lipinski definition) is 2. The predicted octanol–water partition coefficient (Wildman–Crippen LogP) is 2.04. The fourth-order valence-corrected chi connectivity index (χ4v) is 2.22. The molecular formula is C12H11N3O2S2. The molecule has 5 nitrogen and oxygen atoms in total. The van der Waals surface area contributed by atoms with Crippen molar-refractivity contribution in [1.82, 2.24) is 4.98 Å². The molecule has 0 unspecified atom stereocenters. The zero-order chi connectivity index (χ0) is 13.8. The maximum Gasteiger partial charge on any atom is 0.267 e. The molecule has 2 rings (SSSR count). The number of rotatable bonds is 4. The molecule has 0 radical (unpaired) electrons. The van der Waals surface area contributed by atoms with Gasteiger partial charge in [-0.05, 0) is 12.1 Å². The number of nitrogens with zero attached hydrogens (tertiary/aromatic N) is 1. The van der Waals surface area contributed by atoms with E-state index in [1.54, 1.807) is 23.7 Å². The van der Waals surface area contributed by atoms with Gasteiger partial charge in [-0.1, -0.05) is 18.3 Å². The number of aromatic nitrogens is 1. The van der Waals surface area contributed by atoms with E-state index in [-0.39, 0.29) is 10.9 Å². The van der Waals surface area contributed by atoms with Gasteiger partial charge in [-0.3, -0.25) is 9.78 Å². The van der Waals surface area contributed by atoms with E-state index in [1.807, 2.05) is 0 Å². The number of nitrogens with one attached hydrogen (secondary N) is 1. The third-order valence-corrected chi connectivity index (χ3v) is 3.40. The van der Waals surface area contributed by atoms with Crippen LogP contribution in [-0.4, -0.2) is 23.0 Å². The lowest BCUT2D eigenvalue weighted by Crippen LogP contribution is -2.17. The molecule has 1 aromatic carbocycles. The number of benzene rings is 1.